The minimum absolute atomic E-state index is 0.234. The van der Waals surface area contributed by atoms with Gasteiger partial charge in [0.05, 0.1) is 34.7 Å². The molecule has 0 atom stereocenters. The minimum Gasteiger partial charge on any atom is -0.493 e. The van der Waals surface area contributed by atoms with Crippen LogP contribution < -0.4 is 9.47 Å². The van der Waals surface area contributed by atoms with Gasteiger partial charge >= 0.3 is 0 Å². The van der Waals surface area contributed by atoms with Crippen molar-refractivity contribution in [1.29, 1.82) is 5.26 Å². The summed E-state index contributed by atoms with van der Waals surface area (Å²) in [6, 6.07) is 20.5. The number of imide groups is 1. The molecule has 0 N–H and O–H groups in total. The normalized spacial score (nSPS) is 14.3. The van der Waals surface area contributed by atoms with Crippen LogP contribution in [-0.4, -0.2) is 23.2 Å². The van der Waals surface area contributed by atoms with E-state index in [-0.39, 0.29) is 24.3 Å². The largest absolute Gasteiger partial charge is 0.493 e. The average Bonchev–Trinajstić information content (AvgIpc) is 3.12. The monoisotopic (exact) mass is 548 g/mol. The number of hydrogen-bond donors (Lipinski definition) is 0. The molecule has 0 bridgehead atoms. The van der Waals surface area contributed by atoms with Gasteiger partial charge in [0.15, 0.2) is 11.5 Å². The summed E-state index contributed by atoms with van der Waals surface area (Å²) >= 11 is 4.45. The quantitative estimate of drug-likeness (QED) is 0.315. The second kappa shape index (κ2) is 10.8. The lowest BCUT2D eigenvalue weighted by molar-refractivity contribution is -0.123. The molecule has 176 valence electrons. The highest BCUT2D eigenvalue weighted by molar-refractivity contribution is 9.10. The van der Waals surface area contributed by atoms with Crippen molar-refractivity contribution in [3.63, 3.8) is 0 Å². The zero-order valence-electron chi connectivity index (χ0n) is 19.1. The summed E-state index contributed by atoms with van der Waals surface area (Å²) in [5, 5.41) is 8.64. The third-order valence-corrected chi connectivity index (χ3v) is 6.85. The Bertz CT molecular complexity index is 1350. The molecule has 2 amide bonds. The van der Waals surface area contributed by atoms with E-state index in [0.717, 1.165) is 28.5 Å². The number of hydrogen-bond acceptors (Lipinski definition) is 6. The number of rotatable bonds is 7. The van der Waals surface area contributed by atoms with Crippen LogP contribution in [0.1, 0.15) is 27.8 Å². The number of carbonyl (C=O) groups is 2. The molecule has 0 unspecified atom stereocenters. The Hall–Kier alpha value is -3.54. The Morgan fingerprint density at radius 2 is 1.74 bits per heavy atom. The number of aryl methyl sites for hydroxylation is 1. The second-order valence-corrected chi connectivity index (χ2v) is 9.73. The number of halogens is 1. The molecule has 8 heteroatoms. The van der Waals surface area contributed by atoms with Crippen molar-refractivity contribution >= 4 is 44.9 Å². The highest BCUT2D eigenvalue weighted by atomic mass is 79.9. The molecule has 0 aromatic heterocycles. The number of amides is 2. The van der Waals surface area contributed by atoms with E-state index >= 15 is 0 Å². The lowest BCUT2D eigenvalue weighted by Crippen LogP contribution is -2.27. The van der Waals surface area contributed by atoms with Crippen molar-refractivity contribution in [2.75, 3.05) is 7.11 Å². The van der Waals surface area contributed by atoms with Gasteiger partial charge in [-0.1, -0.05) is 42.0 Å². The SMILES string of the molecule is COc1cc(/C=C2/SC(=O)N(Cc3ccc(C)cc3)C2=O)cc(Br)c1OCc1ccc(C#N)cc1. The van der Waals surface area contributed by atoms with E-state index in [2.05, 4.69) is 22.0 Å². The van der Waals surface area contributed by atoms with Gasteiger partial charge in [-0.3, -0.25) is 14.5 Å². The van der Waals surface area contributed by atoms with Crippen molar-refractivity contribution in [1.82, 2.24) is 4.90 Å². The average molecular weight is 549 g/mol. The van der Waals surface area contributed by atoms with Crippen LogP contribution in [-0.2, 0) is 17.9 Å². The van der Waals surface area contributed by atoms with Gasteiger partial charge in [0.2, 0.25) is 0 Å². The zero-order valence-corrected chi connectivity index (χ0v) is 21.5. The predicted molar refractivity (Wildman–Crippen MR) is 139 cm³/mol. The van der Waals surface area contributed by atoms with E-state index in [9.17, 15) is 9.59 Å². The first-order valence-corrected chi connectivity index (χ1v) is 12.3. The highest BCUT2D eigenvalue weighted by Gasteiger charge is 2.35. The third kappa shape index (κ3) is 5.76. The Morgan fingerprint density at radius 1 is 1.06 bits per heavy atom. The zero-order chi connectivity index (χ0) is 24.9. The first-order chi connectivity index (χ1) is 16.9. The lowest BCUT2D eigenvalue weighted by atomic mass is 10.1. The fourth-order valence-electron chi connectivity index (χ4n) is 3.46. The molecule has 1 saturated heterocycles. The van der Waals surface area contributed by atoms with Gasteiger partial charge in [-0.2, -0.15) is 5.26 Å². The van der Waals surface area contributed by atoms with E-state index in [1.54, 1.807) is 24.3 Å². The number of nitrogens with zero attached hydrogens (tertiary/aromatic N) is 2. The van der Waals surface area contributed by atoms with E-state index in [0.29, 0.717) is 32.0 Å². The summed E-state index contributed by atoms with van der Waals surface area (Å²) in [6.07, 6.45) is 1.68. The number of nitriles is 1. The lowest BCUT2D eigenvalue weighted by Gasteiger charge is -2.14. The summed E-state index contributed by atoms with van der Waals surface area (Å²) in [5.74, 6) is 0.677. The van der Waals surface area contributed by atoms with Crippen LogP contribution in [0.15, 0.2) is 70.0 Å². The molecule has 3 aromatic carbocycles. The Kier molecular flexibility index (Phi) is 7.59. The molecule has 1 aliphatic heterocycles. The van der Waals surface area contributed by atoms with Crippen LogP contribution in [0, 0.1) is 18.3 Å². The number of carbonyl (C=O) groups excluding carboxylic acids is 2. The fourth-order valence-corrected chi connectivity index (χ4v) is 4.87. The summed E-state index contributed by atoms with van der Waals surface area (Å²) < 4.78 is 12.1. The smallest absolute Gasteiger partial charge is 0.293 e. The Morgan fingerprint density at radius 3 is 2.40 bits per heavy atom. The summed E-state index contributed by atoms with van der Waals surface area (Å²) in [6.45, 7) is 2.51. The van der Waals surface area contributed by atoms with E-state index in [1.165, 1.54) is 12.0 Å². The summed E-state index contributed by atoms with van der Waals surface area (Å²) in [7, 11) is 1.54. The van der Waals surface area contributed by atoms with E-state index < -0.39 is 0 Å². The van der Waals surface area contributed by atoms with E-state index in [1.807, 2.05) is 49.4 Å². The molecule has 4 rings (SSSR count). The number of methoxy groups -OCH3 is 1. The number of benzene rings is 3. The third-order valence-electron chi connectivity index (χ3n) is 5.35. The number of thioether (sulfide) groups is 1. The van der Waals surface area contributed by atoms with Crippen LogP contribution in [0.25, 0.3) is 6.08 Å². The molecule has 1 aliphatic rings. The molecule has 3 aromatic rings. The topological polar surface area (TPSA) is 79.6 Å². The van der Waals surface area contributed by atoms with Crippen molar-refractivity contribution in [3.8, 4) is 17.6 Å². The second-order valence-electron chi connectivity index (χ2n) is 7.88. The molecule has 0 radical (unpaired) electrons. The first-order valence-electron chi connectivity index (χ1n) is 10.7. The first kappa shape index (κ1) is 24.6. The van der Waals surface area contributed by atoms with Crippen molar-refractivity contribution in [2.24, 2.45) is 0 Å². The molecule has 0 saturated carbocycles. The van der Waals surface area contributed by atoms with Crippen LogP contribution in [0.3, 0.4) is 0 Å². The van der Waals surface area contributed by atoms with Crippen LogP contribution >= 0.6 is 27.7 Å². The van der Waals surface area contributed by atoms with Crippen molar-refractivity contribution in [2.45, 2.75) is 20.1 Å². The van der Waals surface area contributed by atoms with Gasteiger partial charge in [0.25, 0.3) is 11.1 Å². The molecule has 6 nitrogen and oxygen atoms in total. The summed E-state index contributed by atoms with van der Waals surface area (Å²) in [4.78, 5) is 27.0. The molecule has 0 aliphatic carbocycles. The van der Waals surface area contributed by atoms with Crippen molar-refractivity contribution in [3.05, 3.63) is 97.9 Å². The Balaban J connectivity index is 1.51. The van der Waals surface area contributed by atoms with Gasteiger partial charge in [-0.05, 0) is 81.6 Å². The van der Waals surface area contributed by atoms with Gasteiger partial charge in [0, 0.05) is 0 Å². The minimum atomic E-state index is -0.322. The van der Waals surface area contributed by atoms with E-state index in [4.69, 9.17) is 14.7 Å². The van der Waals surface area contributed by atoms with Crippen LogP contribution in [0.5, 0.6) is 11.5 Å². The number of ether oxygens (including phenoxy) is 2. The van der Waals surface area contributed by atoms with Gasteiger partial charge < -0.3 is 9.47 Å². The van der Waals surface area contributed by atoms with Crippen molar-refractivity contribution < 1.29 is 19.1 Å². The predicted octanol–water partition coefficient (Wildman–Crippen LogP) is 6.45. The van der Waals surface area contributed by atoms with Gasteiger partial charge in [-0.15, -0.1) is 0 Å². The molecule has 35 heavy (non-hydrogen) atoms. The molecule has 1 fully saturated rings. The molecule has 1 heterocycles. The maximum atomic E-state index is 12.9. The summed E-state index contributed by atoms with van der Waals surface area (Å²) in [5.41, 5.74) is 4.20. The van der Waals surface area contributed by atoms with Gasteiger partial charge in [0.1, 0.15) is 6.61 Å². The maximum absolute atomic E-state index is 12.9. The van der Waals surface area contributed by atoms with Crippen LogP contribution in [0.4, 0.5) is 4.79 Å². The molecular weight excluding hydrogens is 528 g/mol. The highest BCUT2D eigenvalue weighted by Crippen LogP contribution is 2.39. The molecular formula is C27H21BrN2O4S. The standard InChI is InChI=1S/C27H21BrN2O4S/c1-17-3-5-19(6-4-17)15-30-26(31)24(35-27(30)32)13-21-11-22(28)25(23(12-21)33-2)34-16-20-9-7-18(14-29)8-10-20/h3-13H,15-16H2,1-2H3/b24-13+. The fraction of sp³-hybridized carbons (Fsp3) is 0.148. The molecule has 0 spiro atoms. The Labute approximate surface area is 216 Å². The van der Waals surface area contributed by atoms with Crippen LogP contribution in [0.2, 0.25) is 0 Å². The maximum Gasteiger partial charge on any atom is 0.293 e. The van der Waals surface area contributed by atoms with Gasteiger partial charge in [-0.25, -0.2) is 0 Å².